The van der Waals surface area contributed by atoms with Crippen molar-refractivity contribution in [3.63, 3.8) is 0 Å². The van der Waals surface area contributed by atoms with Gasteiger partial charge in [0.15, 0.2) is 0 Å². The highest BCUT2D eigenvalue weighted by atomic mass is 32.2. The van der Waals surface area contributed by atoms with E-state index < -0.39 is 20.9 Å². The highest BCUT2D eigenvalue weighted by molar-refractivity contribution is 7.95. The van der Waals surface area contributed by atoms with E-state index in [1.807, 2.05) is 0 Å². The molecule has 0 fully saturated rings. The number of hydrogen-bond donors (Lipinski definition) is 1. The first-order valence-corrected chi connectivity index (χ1v) is 6.03. The Balaban J connectivity index is 3.14. The minimum absolute atomic E-state index is 0.0507. The van der Waals surface area contributed by atoms with Crippen LogP contribution in [0.15, 0.2) is 15.0 Å². The Kier molecular flexibility index (Phi) is 3.53. The molecule has 16 heavy (non-hydrogen) atoms. The number of sulfonamides is 1. The number of nitrogens with two attached hydrogens (primary N) is 1. The van der Waals surface area contributed by atoms with Crippen molar-refractivity contribution in [2.45, 2.75) is 13.8 Å². The Morgan fingerprint density at radius 1 is 1.38 bits per heavy atom. The maximum atomic E-state index is 11.5. The average molecular weight is 248 g/mol. The predicted octanol–water partition coefficient (Wildman–Crippen LogP) is -0.502. The molecule has 0 radical (unpaired) electrons. The Morgan fingerprint density at radius 3 is 2.50 bits per heavy atom. The molecule has 7 nitrogen and oxygen atoms in total. The molecule has 0 bridgehead atoms. The van der Waals surface area contributed by atoms with Gasteiger partial charge in [-0.25, -0.2) is 4.79 Å². The first-order valence-electron chi connectivity index (χ1n) is 4.59. The molecule has 8 heteroatoms. The van der Waals surface area contributed by atoms with Crippen molar-refractivity contribution in [1.82, 2.24) is 0 Å². The lowest BCUT2D eigenvalue weighted by molar-refractivity contribution is -0.137. The lowest BCUT2D eigenvalue weighted by atomic mass is 10.4. The summed E-state index contributed by atoms with van der Waals surface area (Å²) in [6, 6.07) is 0. The summed E-state index contributed by atoms with van der Waals surface area (Å²) in [5, 5.41) is 0. The molecule has 0 unspecified atom stereocenters. The molecular formula is C8H12N2O5S. The first-order chi connectivity index (χ1) is 7.44. The summed E-state index contributed by atoms with van der Waals surface area (Å²) >= 11 is 0. The molecule has 0 aromatic rings. The molecular weight excluding hydrogens is 236 g/mol. The Labute approximate surface area is 93.0 Å². The normalized spacial score (nSPS) is 18.2. The van der Waals surface area contributed by atoms with E-state index in [0.29, 0.717) is 0 Å². The van der Waals surface area contributed by atoms with Crippen LogP contribution in [0.4, 0.5) is 0 Å². The van der Waals surface area contributed by atoms with Gasteiger partial charge in [-0.2, -0.15) is 8.42 Å². The van der Waals surface area contributed by atoms with Crippen LogP contribution >= 0.6 is 0 Å². The summed E-state index contributed by atoms with van der Waals surface area (Å²) in [7, 11) is -4.09. The minimum Gasteiger partial charge on any atom is -0.476 e. The second-order valence-electron chi connectivity index (χ2n) is 2.77. The van der Waals surface area contributed by atoms with Gasteiger partial charge in [0, 0.05) is 0 Å². The van der Waals surface area contributed by atoms with Crippen LogP contribution in [-0.2, 0) is 24.3 Å². The van der Waals surface area contributed by atoms with Crippen molar-refractivity contribution >= 4 is 21.9 Å². The molecule has 1 aliphatic heterocycles. The third-order valence-corrected chi connectivity index (χ3v) is 2.99. The van der Waals surface area contributed by atoms with E-state index in [-0.39, 0.29) is 24.8 Å². The summed E-state index contributed by atoms with van der Waals surface area (Å²) in [5.41, 5.74) is 5.15. The highest BCUT2D eigenvalue weighted by Gasteiger charge is 2.38. The molecule has 0 atom stereocenters. The number of carbonyl (C=O) groups excluding carboxylic acids is 1. The van der Waals surface area contributed by atoms with Crippen molar-refractivity contribution in [2.75, 3.05) is 13.2 Å². The van der Waals surface area contributed by atoms with Crippen LogP contribution in [0.2, 0.25) is 0 Å². The molecule has 0 spiro atoms. The second kappa shape index (κ2) is 4.52. The molecule has 1 heterocycles. The lowest BCUT2D eigenvalue weighted by Crippen LogP contribution is -2.19. The Hall–Kier alpha value is -1.57. The standard InChI is InChI=1S/C8H12N2O5S/c1-3-14-7-5(9)6(8(11)15-4-2)16(12,13)10-7/h3-4,9H2,1-2H3. The molecule has 0 amide bonds. The molecule has 0 aromatic heterocycles. The average Bonchev–Trinajstić information content (AvgIpc) is 2.38. The topological polar surface area (TPSA) is 108 Å². The van der Waals surface area contributed by atoms with E-state index >= 15 is 0 Å². The summed E-state index contributed by atoms with van der Waals surface area (Å²) in [5.74, 6) is -1.27. The molecule has 1 rings (SSSR count). The number of carbonyl (C=O) groups is 1. The van der Waals surface area contributed by atoms with Gasteiger partial charge < -0.3 is 15.2 Å². The molecule has 2 N–H and O–H groups in total. The van der Waals surface area contributed by atoms with Crippen LogP contribution in [0, 0.1) is 0 Å². The largest absolute Gasteiger partial charge is 0.476 e. The molecule has 0 aromatic carbocycles. The second-order valence-corrected chi connectivity index (χ2v) is 4.31. The maximum absolute atomic E-state index is 11.5. The summed E-state index contributed by atoms with van der Waals surface area (Å²) < 4.78 is 35.6. The SMILES string of the molecule is CCOC(=O)C1=C(N)C(OCC)=NS1(=O)=O. The molecule has 0 saturated carbocycles. The van der Waals surface area contributed by atoms with Gasteiger partial charge in [0.2, 0.25) is 4.91 Å². The van der Waals surface area contributed by atoms with Gasteiger partial charge in [-0.05, 0) is 13.8 Å². The van der Waals surface area contributed by atoms with E-state index in [2.05, 4.69) is 9.13 Å². The molecule has 90 valence electrons. The molecule has 0 aliphatic carbocycles. The van der Waals surface area contributed by atoms with Gasteiger partial charge in [-0.3, -0.25) is 0 Å². The minimum atomic E-state index is -4.09. The number of ether oxygens (including phenoxy) is 2. The van der Waals surface area contributed by atoms with E-state index in [0.717, 1.165) is 0 Å². The summed E-state index contributed by atoms with van der Waals surface area (Å²) in [6.45, 7) is 3.45. The monoisotopic (exact) mass is 248 g/mol. The quantitative estimate of drug-likeness (QED) is 0.674. The van der Waals surface area contributed by atoms with Crippen molar-refractivity contribution in [3.8, 4) is 0 Å². The smallest absolute Gasteiger partial charge is 0.354 e. The first kappa shape index (κ1) is 12.5. The summed E-state index contributed by atoms with van der Waals surface area (Å²) in [6.07, 6.45) is 0. The van der Waals surface area contributed by atoms with Crippen molar-refractivity contribution in [3.05, 3.63) is 10.6 Å². The maximum Gasteiger partial charge on any atom is 0.354 e. The fraction of sp³-hybridized carbons (Fsp3) is 0.500. The van der Waals surface area contributed by atoms with Gasteiger partial charge in [-0.1, -0.05) is 0 Å². The number of esters is 1. The number of rotatable bonds is 3. The predicted molar refractivity (Wildman–Crippen MR) is 55.8 cm³/mol. The molecule has 0 saturated heterocycles. The Morgan fingerprint density at radius 2 is 2.00 bits per heavy atom. The van der Waals surface area contributed by atoms with Gasteiger partial charge in [0.05, 0.1) is 13.2 Å². The van der Waals surface area contributed by atoms with Gasteiger partial charge in [0.25, 0.3) is 15.9 Å². The van der Waals surface area contributed by atoms with E-state index in [1.54, 1.807) is 13.8 Å². The van der Waals surface area contributed by atoms with Crippen molar-refractivity contribution < 1.29 is 22.7 Å². The van der Waals surface area contributed by atoms with Crippen LogP contribution in [0.5, 0.6) is 0 Å². The van der Waals surface area contributed by atoms with Crippen LogP contribution < -0.4 is 5.73 Å². The van der Waals surface area contributed by atoms with E-state index in [4.69, 9.17) is 10.5 Å². The van der Waals surface area contributed by atoms with Crippen LogP contribution in [0.3, 0.4) is 0 Å². The van der Waals surface area contributed by atoms with E-state index in [9.17, 15) is 13.2 Å². The summed E-state index contributed by atoms with van der Waals surface area (Å²) in [4.78, 5) is 10.7. The number of nitrogens with zero attached hydrogens (tertiary/aromatic N) is 1. The zero-order valence-electron chi connectivity index (χ0n) is 8.89. The molecule has 1 aliphatic rings. The third-order valence-electron chi connectivity index (χ3n) is 1.68. The van der Waals surface area contributed by atoms with E-state index in [1.165, 1.54) is 0 Å². The number of hydrogen-bond acceptors (Lipinski definition) is 6. The van der Waals surface area contributed by atoms with Gasteiger partial charge in [-0.15, -0.1) is 4.40 Å². The van der Waals surface area contributed by atoms with Crippen molar-refractivity contribution in [2.24, 2.45) is 10.1 Å². The lowest BCUT2D eigenvalue weighted by Gasteiger charge is -2.03. The van der Waals surface area contributed by atoms with Crippen LogP contribution in [0.1, 0.15) is 13.8 Å². The van der Waals surface area contributed by atoms with Gasteiger partial charge in [0.1, 0.15) is 5.70 Å². The zero-order chi connectivity index (χ0) is 12.3. The van der Waals surface area contributed by atoms with Crippen LogP contribution in [-0.4, -0.2) is 33.5 Å². The highest BCUT2D eigenvalue weighted by Crippen LogP contribution is 2.22. The fourth-order valence-electron chi connectivity index (χ4n) is 1.09. The zero-order valence-corrected chi connectivity index (χ0v) is 9.70. The fourth-order valence-corrected chi connectivity index (χ4v) is 2.19. The Bertz CT molecular complexity index is 463. The van der Waals surface area contributed by atoms with Crippen LogP contribution in [0.25, 0.3) is 0 Å². The third kappa shape index (κ3) is 2.16. The van der Waals surface area contributed by atoms with Crippen molar-refractivity contribution in [1.29, 1.82) is 0 Å². The van der Waals surface area contributed by atoms with Gasteiger partial charge >= 0.3 is 5.97 Å².